The molecule has 0 aromatic heterocycles. The van der Waals surface area contributed by atoms with Gasteiger partial charge in [-0.25, -0.2) is 4.79 Å². The Hall–Kier alpha value is -0.730. The van der Waals surface area contributed by atoms with Crippen LogP contribution in [0.15, 0.2) is 0 Å². The molecule has 0 aromatic rings. The molecule has 11 heavy (non-hydrogen) atoms. The van der Waals surface area contributed by atoms with E-state index >= 15 is 0 Å². The zero-order chi connectivity index (χ0) is 8.85. The van der Waals surface area contributed by atoms with E-state index in [0.29, 0.717) is 0 Å². The predicted molar refractivity (Wildman–Crippen MR) is 44.5 cm³/mol. The Morgan fingerprint density at radius 2 is 2.09 bits per heavy atom. The van der Waals surface area contributed by atoms with Gasteiger partial charge in [0.25, 0.3) is 0 Å². The maximum atomic E-state index is 10.5. The fraction of sp³-hybridized carbons (Fsp3) is 0.875. The van der Waals surface area contributed by atoms with Crippen LogP contribution in [0.25, 0.3) is 0 Å². The first-order chi connectivity index (χ1) is 5.24. The summed E-state index contributed by atoms with van der Waals surface area (Å²) in [6.45, 7) is 7.94. The van der Waals surface area contributed by atoms with E-state index < -0.39 is 0 Å². The van der Waals surface area contributed by atoms with Crippen molar-refractivity contribution in [3.63, 3.8) is 0 Å². The van der Waals surface area contributed by atoms with Crippen LogP contribution in [0.5, 0.6) is 0 Å². The Labute approximate surface area is 68.1 Å². The molecule has 0 spiro atoms. The van der Waals surface area contributed by atoms with E-state index in [1.54, 1.807) is 0 Å². The number of rotatable bonds is 1. The topological polar surface area (TPSA) is 38.3 Å². The van der Waals surface area contributed by atoms with Crippen molar-refractivity contribution in [3.05, 3.63) is 0 Å². The van der Waals surface area contributed by atoms with Gasteiger partial charge in [0, 0.05) is 0 Å². The summed E-state index contributed by atoms with van der Waals surface area (Å²) in [6.07, 6.45) is 0.687. The van der Waals surface area contributed by atoms with Crippen molar-refractivity contribution in [1.82, 2.24) is 5.32 Å². The fourth-order valence-corrected chi connectivity index (χ4v) is 0.989. The molecule has 3 nitrogen and oxygen atoms in total. The van der Waals surface area contributed by atoms with Gasteiger partial charge in [-0.15, -0.1) is 0 Å². The highest BCUT2D eigenvalue weighted by molar-refractivity contribution is 5.70. The summed E-state index contributed by atoms with van der Waals surface area (Å²) in [5, 5.41) is 2.66. The SMILES string of the molecule is CC.CCC1OC(=O)NC1C. The lowest BCUT2D eigenvalue weighted by Gasteiger charge is -2.07. The Kier molecular flexibility index (Phi) is 4.66. The molecule has 1 amide bonds. The molecule has 0 radical (unpaired) electrons. The number of carbonyl (C=O) groups excluding carboxylic acids is 1. The van der Waals surface area contributed by atoms with Crippen LogP contribution in [0.1, 0.15) is 34.1 Å². The van der Waals surface area contributed by atoms with Gasteiger partial charge < -0.3 is 10.1 Å². The second-order valence-corrected chi connectivity index (χ2v) is 2.29. The first-order valence-electron chi connectivity index (χ1n) is 4.21. The molecule has 1 N–H and O–H groups in total. The van der Waals surface area contributed by atoms with Crippen LogP contribution in [0, 0.1) is 0 Å². The lowest BCUT2D eigenvalue weighted by molar-refractivity contribution is 0.131. The van der Waals surface area contributed by atoms with Gasteiger partial charge in [0.05, 0.1) is 6.04 Å². The zero-order valence-electron chi connectivity index (χ0n) is 7.68. The smallest absolute Gasteiger partial charge is 0.407 e. The normalized spacial score (nSPS) is 28.2. The maximum absolute atomic E-state index is 10.5. The molecule has 1 rings (SSSR count). The van der Waals surface area contributed by atoms with Gasteiger partial charge in [-0.1, -0.05) is 20.8 Å². The summed E-state index contributed by atoms with van der Waals surface area (Å²) in [4.78, 5) is 10.5. The second-order valence-electron chi connectivity index (χ2n) is 2.29. The van der Waals surface area contributed by atoms with Crippen molar-refractivity contribution >= 4 is 6.09 Å². The van der Waals surface area contributed by atoms with E-state index in [9.17, 15) is 4.79 Å². The lowest BCUT2D eigenvalue weighted by atomic mass is 10.1. The zero-order valence-corrected chi connectivity index (χ0v) is 7.68. The fourth-order valence-electron chi connectivity index (χ4n) is 0.989. The van der Waals surface area contributed by atoms with E-state index in [1.807, 2.05) is 27.7 Å². The first kappa shape index (κ1) is 10.3. The summed E-state index contributed by atoms with van der Waals surface area (Å²) in [7, 11) is 0. The number of hydrogen-bond donors (Lipinski definition) is 1. The molecule has 0 aromatic carbocycles. The molecule has 2 atom stereocenters. The summed E-state index contributed by atoms with van der Waals surface area (Å²) >= 11 is 0. The van der Waals surface area contributed by atoms with E-state index in [1.165, 1.54) is 0 Å². The van der Waals surface area contributed by atoms with E-state index in [2.05, 4.69) is 5.32 Å². The van der Waals surface area contributed by atoms with Gasteiger partial charge in [0.15, 0.2) is 0 Å². The molecule has 0 aliphatic carbocycles. The van der Waals surface area contributed by atoms with Crippen molar-refractivity contribution < 1.29 is 9.53 Å². The minimum absolute atomic E-state index is 0.0810. The minimum Gasteiger partial charge on any atom is -0.444 e. The van der Waals surface area contributed by atoms with Crippen molar-refractivity contribution in [3.8, 4) is 0 Å². The minimum atomic E-state index is -0.283. The van der Waals surface area contributed by atoms with E-state index in [-0.39, 0.29) is 18.2 Å². The van der Waals surface area contributed by atoms with Crippen LogP contribution in [-0.4, -0.2) is 18.2 Å². The molecule has 1 heterocycles. The Morgan fingerprint density at radius 3 is 2.27 bits per heavy atom. The molecule has 1 aliphatic heterocycles. The van der Waals surface area contributed by atoms with Crippen molar-refractivity contribution in [2.45, 2.75) is 46.3 Å². The summed E-state index contributed by atoms with van der Waals surface area (Å²) in [6, 6.07) is 0.183. The molecule has 1 fully saturated rings. The van der Waals surface area contributed by atoms with Gasteiger partial charge in [-0.3, -0.25) is 0 Å². The van der Waals surface area contributed by atoms with Gasteiger partial charge in [-0.2, -0.15) is 0 Å². The number of ether oxygens (including phenoxy) is 1. The van der Waals surface area contributed by atoms with Crippen LogP contribution >= 0.6 is 0 Å². The summed E-state index contributed by atoms with van der Waals surface area (Å²) in [5.41, 5.74) is 0. The lowest BCUT2D eigenvalue weighted by Crippen LogP contribution is -2.27. The third-order valence-electron chi connectivity index (χ3n) is 1.56. The van der Waals surface area contributed by atoms with Gasteiger partial charge >= 0.3 is 6.09 Å². The van der Waals surface area contributed by atoms with Gasteiger partial charge in [0.2, 0.25) is 0 Å². The Morgan fingerprint density at radius 1 is 1.55 bits per heavy atom. The molecule has 0 saturated carbocycles. The van der Waals surface area contributed by atoms with Crippen molar-refractivity contribution in [2.24, 2.45) is 0 Å². The standard InChI is InChI=1S/C6H11NO2.C2H6/c1-3-5-4(2)7-6(8)9-5;1-2/h4-5H,3H2,1-2H3,(H,7,8);1-2H3. The molecule has 2 unspecified atom stereocenters. The quantitative estimate of drug-likeness (QED) is 0.634. The molecule has 3 heteroatoms. The maximum Gasteiger partial charge on any atom is 0.407 e. The first-order valence-corrected chi connectivity index (χ1v) is 4.21. The summed E-state index contributed by atoms with van der Waals surface area (Å²) < 4.78 is 4.87. The third kappa shape index (κ3) is 2.78. The molecule has 1 aliphatic rings. The number of nitrogens with one attached hydrogen (secondary N) is 1. The van der Waals surface area contributed by atoms with Crippen molar-refractivity contribution in [1.29, 1.82) is 0 Å². The Balaban J connectivity index is 0.000000461. The number of hydrogen-bond acceptors (Lipinski definition) is 2. The molecular weight excluding hydrogens is 142 g/mol. The third-order valence-corrected chi connectivity index (χ3v) is 1.56. The highest BCUT2D eigenvalue weighted by Crippen LogP contribution is 2.10. The van der Waals surface area contributed by atoms with Crippen LogP contribution in [0.2, 0.25) is 0 Å². The number of carbonyl (C=O) groups is 1. The van der Waals surface area contributed by atoms with Crippen LogP contribution in [0.3, 0.4) is 0 Å². The largest absolute Gasteiger partial charge is 0.444 e. The second kappa shape index (κ2) is 4.99. The number of amides is 1. The average Bonchev–Trinajstić information content (AvgIpc) is 2.33. The highest BCUT2D eigenvalue weighted by atomic mass is 16.6. The van der Waals surface area contributed by atoms with Crippen molar-refractivity contribution in [2.75, 3.05) is 0 Å². The monoisotopic (exact) mass is 159 g/mol. The predicted octanol–water partition coefficient (Wildman–Crippen LogP) is 1.92. The molecular formula is C8H17NO2. The van der Waals surface area contributed by atoms with Gasteiger partial charge in [-0.05, 0) is 13.3 Å². The van der Waals surface area contributed by atoms with E-state index in [4.69, 9.17) is 4.74 Å². The number of alkyl carbamates (subject to hydrolysis) is 1. The van der Waals surface area contributed by atoms with E-state index in [0.717, 1.165) is 6.42 Å². The molecule has 66 valence electrons. The van der Waals surface area contributed by atoms with Gasteiger partial charge in [0.1, 0.15) is 6.10 Å². The highest BCUT2D eigenvalue weighted by Gasteiger charge is 2.28. The molecule has 0 bridgehead atoms. The average molecular weight is 159 g/mol. The van der Waals surface area contributed by atoms with Crippen LogP contribution in [-0.2, 0) is 4.74 Å². The Bertz CT molecular complexity index is 125. The van der Waals surface area contributed by atoms with Crippen LogP contribution in [0.4, 0.5) is 4.79 Å². The van der Waals surface area contributed by atoms with Crippen LogP contribution < -0.4 is 5.32 Å². The summed E-state index contributed by atoms with van der Waals surface area (Å²) in [5.74, 6) is 0. The molecule has 1 saturated heterocycles. The number of cyclic esters (lactones) is 1.